The van der Waals surface area contributed by atoms with Gasteiger partial charge < -0.3 is 15.5 Å². The second kappa shape index (κ2) is 8.17. The Bertz CT molecular complexity index is 628. The van der Waals surface area contributed by atoms with Gasteiger partial charge in [0, 0.05) is 33.4 Å². The van der Waals surface area contributed by atoms with Crippen LogP contribution in [0.3, 0.4) is 0 Å². The first-order valence-corrected chi connectivity index (χ1v) is 7.71. The molecule has 0 spiro atoms. The second-order valence-electron chi connectivity index (χ2n) is 5.41. The molecular formula is C16H25N7. The van der Waals surface area contributed by atoms with E-state index in [1.165, 1.54) is 11.3 Å². The molecule has 0 fully saturated rings. The summed E-state index contributed by atoms with van der Waals surface area (Å²) < 4.78 is 1.75. The van der Waals surface area contributed by atoms with Crippen LogP contribution in [-0.4, -0.2) is 41.4 Å². The van der Waals surface area contributed by atoms with Crippen molar-refractivity contribution in [1.29, 1.82) is 0 Å². The molecule has 2 rings (SSSR count). The van der Waals surface area contributed by atoms with E-state index in [1.807, 2.05) is 28.1 Å². The molecule has 0 aliphatic carbocycles. The van der Waals surface area contributed by atoms with E-state index in [0.717, 1.165) is 18.3 Å². The lowest BCUT2D eigenvalue weighted by molar-refractivity contribution is 0.673. The highest BCUT2D eigenvalue weighted by Gasteiger charge is 2.03. The molecule has 0 aliphatic heterocycles. The van der Waals surface area contributed by atoms with Gasteiger partial charge in [0.05, 0.1) is 13.1 Å². The minimum Gasteiger partial charge on any atom is -0.378 e. The lowest BCUT2D eigenvalue weighted by Gasteiger charge is -2.13. The highest BCUT2D eigenvalue weighted by molar-refractivity contribution is 5.79. The molecular weight excluding hydrogens is 290 g/mol. The summed E-state index contributed by atoms with van der Waals surface area (Å²) in [4.78, 5) is 10.9. The number of hydrogen-bond acceptors (Lipinski definition) is 4. The average molecular weight is 315 g/mol. The number of guanidine groups is 1. The predicted octanol–water partition coefficient (Wildman–Crippen LogP) is 1.14. The Morgan fingerprint density at radius 1 is 1.22 bits per heavy atom. The molecule has 0 aliphatic rings. The van der Waals surface area contributed by atoms with E-state index in [9.17, 15) is 0 Å². The Hall–Kier alpha value is -2.57. The average Bonchev–Trinajstić information content (AvgIpc) is 2.95. The van der Waals surface area contributed by atoms with Crippen molar-refractivity contribution in [2.75, 3.05) is 25.5 Å². The van der Waals surface area contributed by atoms with Crippen molar-refractivity contribution in [2.24, 2.45) is 12.0 Å². The normalized spacial score (nSPS) is 11.4. The van der Waals surface area contributed by atoms with Gasteiger partial charge in [0.25, 0.3) is 0 Å². The Balaban J connectivity index is 1.96. The molecule has 0 saturated heterocycles. The van der Waals surface area contributed by atoms with Gasteiger partial charge in [0.1, 0.15) is 12.2 Å². The first-order chi connectivity index (χ1) is 11.1. The van der Waals surface area contributed by atoms with Gasteiger partial charge in [0.2, 0.25) is 0 Å². The van der Waals surface area contributed by atoms with Crippen LogP contribution in [0.2, 0.25) is 0 Å². The largest absolute Gasteiger partial charge is 0.378 e. The quantitative estimate of drug-likeness (QED) is 0.618. The van der Waals surface area contributed by atoms with Gasteiger partial charge in [-0.1, -0.05) is 12.1 Å². The van der Waals surface area contributed by atoms with Crippen molar-refractivity contribution in [2.45, 2.75) is 20.0 Å². The molecule has 23 heavy (non-hydrogen) atoms. The molecule has 0 bridgehead atoms. The van der Waals surface area contributed by atoms with Crippen molar-refractivity contribution >= 4 is 11.6 Å². The van der Waals surface area contributed by atoms with E-state index >= 15 is 0 Å². The molecule has 7 nitrogen and oxygen atoms in total. The van der Waals surface area contributed by atoms with Crippen LogP contribution in [0.5, 0.6) is 0 Å². The number of nitrogens with zero attached hydrogens (tertiary/aromatic N) is 5. The van der Waals surface area contributed by atoms with Crippen LogP contribution in [-0.2, 0) is 20.1 Å². The smallest absolute Gasteiger partial charge is 0.191 e. The summed E-state index contributed by atoms with van der Waals surface area (Å²) in [6.45, 7) is 4.07. The van der Waals surface area contributed by atoms with Gasteiger partial charge in [-0.3, -0.25) is 4.68 Å². The third-order valence-electron chi connectivity index (χ3n) is 3.44. The maximum atomic E-state index is 4.61. The Morgan fingerprint density at radius 2 is 1.96 bits per heavy atom. The van der Waals surface area contributed by atoms with Gasteiger partial charge in [-0.25, -0.2) is 9.98 Å². The van der Waals surface area contributed by atoms with Crippen LogP contribution in [0.1, 0.15) is 18.3 Å². The van der Waals surface area contributed by atoms with E-state index in [4.69, 9.17) is 0 Å². The van der Waals surface area contributed by atoms with Gasteiger partial charge in [0.15, 0.2) is 5.96 Å². The van der Waals surface area contributed by atoms with Crippen LogP contribution in [0.15, 0.2) is 35.6 Å². The molecule has 0 saturated carbocycles. The fourth-order valence-electron chi connectivity index (χ4n) is 2.05. The zero-order chi connectivity index (χ0) is 16.7. The van der Waals surface area contributed by atoms with Gasteiger partial charge in [-0.15, -0.1) is 0 Å². The third-order valence-corrected chi connectivity index (χ3v) is 3.44. The van der Waals surface area contributed by atoms with Crippen molar-refractivity contribution in [1.82, 2.24) is 25.4 Å². The molecule has 7 heteroatoms. The fraction of sp³-hybridized carbons (Fsp3) is 0.438. The SMILES string of the molecule is CCNC(=NCc1ccc(N(C)C)cc1)NCc1ncnn1C. The van der Waals surface area contributed by atoms with Crippen LogP contribution in [0.4, 0.5) is 5.69 Å². The molecule has 0 unspecified atom stereocenters. The number of anilines is 1. The van der Waals surface area contributed by atoms with Crippen molar-refractivity contribution in [3.05, 3.63) is 42.0 Å². The van der Waals surface area contributed by atoms with Gasteiger partial charge in [-0.2, -0.15) is 5.10 Å². The van der Waals surface area contributed by atoms with Gasteiger partial charge in [-0.05, 0) is 24.6 Å². The Morgan fingerprint density at radius 3 is 2.52 bits per heavy atom. The van der Waals surface area contributed by atoms with Crippen molar-refractivity contribution < 1.29 is 0 Å². The van der Waals surface area contributed by atoms with E-state index in [2.05, 4.69) is 54.9 Å². The summed E-state index contributed by atoms with van der Waals surface area (Å²) in [6, 6.07) is 8.41. The molecule has 124 valence electrons. The Labute approximate surface area is 137 Å². The maximum absolute atomic E-state index is 4.61. The molecule has 2 N–H and O–H groups in total. The second-order valence-corrected chi connectivity index (χ2v) is 5.41. The number of aliphatic imine (C=N–C) groups is 1. The number of aromatic nitrogens is 3. The molecule has 1 aromatic heterocycles. The summed E-state index contributed by atoms with van der Waals surface area (Å²) in [7, 11) is 5.94. The van der Waals surface area contributed by atoms with E-state index in [0.29, 0.717) is 13.1 Å². The third kappa shape index (κ3) is 4.98. The maximum Gasteiger partial charge on any atom is 0.191 e. The fourth-order valence-corrected chi connectivity index (χ4v) is 2.05. The van der Waals surface area contributed by atoms with E-state index < -0.39 is 0 Å². The summed E-state index contributed by atoms with van der Waals surface area (Å²) in [5.41, 5.74) is 2.36. The summed E-state index contributed by atoms with van der Waals surface area (Å²) in [5, 5.41) is 10.6. The topological polar surface area (TPSA) is 70.4 Å². The Kier molecular flexibility index (Phi) is 5.96. The van der Waals surface area contributed by atoms with Crippen molar-refractivity contribution in [3.63, 3.8) is 0 Å². The van der Waals surface area contributed by atoms with Gasteiger partial charge >= 0.3 is 0 Å². The first kappa shape index (κ1) is 16.8. The molecule has 1 aromatic carbocycles. The molecule has 1 heterocycles. The number of benzene rings is 1. The van der Waals surface area contributed by atoms with E-state index in [-0.39, 0.29) is 0 Å². The minimum atomic E-state index is 0.585. The number of nitrogens with one attached hydrogen (secondary N) is 2. The minimum absolute atomic E-state index is 0.585. The number of hydrogen-bond donors (Lipinski definition) is 2. The lowest BCUT2D eigenvalue weighted by atomic mass is 10.2. The monoisotopic (exact) mass is 315 g/mol. The molecule has 0 amide bonds. The standard InChI is InChI=1S/C16H25N7/c1-5-17-16(19-11-15-20-12-21-23(15)4)18-10-13-6-8-14(9-7-13)22(2)3/h6-9,12H,5,10-11H2,1-4H3,(H2,17,18,19). The number of rotatable bonds is 6. The zero-order valence-corrected chi connectivity index (χ0v) is 14.2. The first-order valence-electron chi connectivity index (χ1n) is 7.71. The summed E-state index contributed by atoms with van der Waals surface area (Å²) in [5.74, 6) is 1.64. The lowest BCUT2D eigenvalue weighted by Crippen LogP contribution is -2.37. The highest BCUT2D eigenvalue weighted by Crippen LogP contribution is 2.12. The van der Waals surface area contributed by atoms with Crippen LogP contribution in [0, 0.1) is 0 Å². The zero-order valence-electron chi connectivity index (χ0n) is 14.2. The number of aryl methyl sites for hydroxylation is 1. The van der Waals surface area contributed by atoms with Crippen LogP contribution in [0.25, 0.3) is 0 Å². The highest BCUT2D eigenvalue weighted by atomic mass is 15.3. The van der Waals surface area contributed by atoms with Crippen molar-refractivity contribution in [3.8, 4) is 0 Å². The van der Waals surface area contributed by atoms with Crippen LogP contribution < -0.4 is 15.5 Å². The molecule has 0 radical (unpaired) electrons. The summed E-state index contributed by atoms with van der Waals surface area (Å²) >= 11 is 0. The van der Waals surface area contributed by atoms with E-state index in [1.54, 1.807) is 11.0 Å². The molecule has 0 atom stereocenters. The molecule has 2 aromatic rings. The van der Waals surface area contributed by atoms with Crippen LogP contribution >= 0.6 is 0 Å². The summed E-state index contributed by atoms with van der Waals surface area (Å²) in [6.07, 6.45) is 1.55. The predicted molar refractivity (Wildman–Crippen MR) is 93.4 cm³/mol.